The molecule has 0 radical (unpaired) electrons. The zero-order valence-electron chi connectivity index (χ0n) is 16.3. The van der Waals surface area contributed by atoms with E-state index in [4.69, 9.17) is 0 Å². The number of nitrogens with zero attached hydrogens (tertiary/aromatic N) is 3. The maximum Gasteiger partial charge on any atom is 0.229 e. The molecule has 0 bridgehead atoms. The lowest BCUT2D eigenvalue weighted by molar-refractivity contribution is -0.121. The highest BCUT2D eigenvalue weighted by Crippen LogP contribution is 2.28. The quantitative estimate of drug-likeness (QED) is 0.673. The Hall–Kier alpha value is -2.64. The number of aryl methyl sites for hydroxylation is 1. The summed E-state index contributed by atoms with van der Waals surface area (Å²) in [6.07, 6.45) is 1.60. The molecule has 1 aromatic heterocycles. The summed E-state index contributed by atoms with van der Waals surface area (Å²) >= 11 is 1.39. The summed E-state index contributed by atoms with van der Waals surface area (Å²) in [6.45, 7) is 4.52. The summed E-state index contributed by atoms with van der Waals surface area (Å²) in [7, 11) is 0. The maximum absolute atomic E-state index is 13.0. The molecule has 3 aromatic rings. The zero-order valence-corrected chi connectivity index (χ0v) is 17.1. The van der Waals surface area contributed by atoms with Crippen LogP contribution in [0.2, 0.25) is 0 Å². The van der Waals surface area contributed by atoms with Crippen molar-refractivity contribution in [3.05, 3.63) is 65.5 Å². The summed E-state index contributed by atoms with van der Waals surface area (Å²) in [5.74, 6) is -0.226. The molecule has 1 amide bonds. The molecule has 1 aliphatic heterocycles. The fourth-order valence-electron chi connectivity index (χ4n) is 3.50. The van der Waals surface area contributed by atoms with Gasteiger partial charge in [-0.3, -0.25) is 9.69 Å². The molecule has 0 spiro atoms. The molecular weight excluding hydrogens is 387 g/mol. The number of halogens is 1. The number of hydrogen-bond acceptors (Lipinski definition) is 5. The largest absolute Gasteiger partial charge is 0.300 e. The maximum atomic E-state index is 13.0. The minimum absolute atomic E-state index is 0.0121. The summed E-state index contributed by atoms with van der Waals surface area (Å²) in [5.41, 5.74) is 3.28. The van der Waals surface area contributed by atoms with Gasteiger partial charge in [-0.25, -0.2) is 4.39 Å². The zero-order chi connectivity index (χ0) is 20.2. The third kappa shape index (κ3) is 5.05. The van der Waals surface area contributed by atoms with Gasteiger partial charge in [-0.15, -0.1) is 10.2 Å². The first-order chi connectivity index (χ1) is 14.1. The van der Waals surface area contributed by atoms with Gasteiger partial charge in [0, 0.05) is 18.0 Å². The van der Waals surface area contributed by atoms with E-state index in [-0.39, 0.29) is 17.6 Å². The van der Waals surface area contributed by atoms with Crippen molar-refractivity contribution < 1.29 is 9.18 Å². The molecule has 1 saturated heterocycles. The van der Waals surface area contributed by atoms with E-state index in [9.17, 15) is 9.18 Å². The van der Waals surface area contributed by atoms with E-state index in [1.807, 2.05) is 43.3 Å². The van der Waals surface area contributed by atoms with Crippen molar-refractivity contribution in [3.8, 4) is 10.6 Å². The van der Waals surface area contributed by atoms with Crippen LogP contribution in [0, 0.1) is 18.7 Å². The molecule has 7 heteroatoms. The fraction of sp³-hybridized carbons (Fsp3) is 0.318. The third-order valence-electron chi connectivity index (χ3n) is 5.23. The molecule has 0 aliphatic carbocycles. The standard InChI is InChI=1S/C22H23FN4OS/c1-15-2-6-18(7-3-15)21-25-26-22(29-21)24-20(28)17-10-12-27(13-11-17)14-16-4-8-19(23)9-5-16/h2-9,17H,10-14H2,1H3,(H,24,26,28). The molecule has 1 N–H and O–H groups in total. The third-order valence-corrected chi connectivity index (χ3v) is 6.12. The van der Waals surface area contributed by atoms with E-state index in [1.54, 1.807) is 0 Å². The second kappa shape index (κ2) is 8.80. The fourth-order valence-corrected chi connectivity index (χ4v) is 4.25. The smallest absolute Gasteiger partial charge is 0.229 e. The van der Waals surface area contributed by atoms with Crippen molar-refractivity contribution in [1.82, 2.24) is 15.1 Å². The first-order valence-corrected chi connectivity index (χ1v) is 10.6. The van der Waals surface area contributed by atoms with Gasteiger partial charge in [0.2, 0.25) is 11.0 Å². The molecule has 1 aliphatic rings. The molecule has 2 heterocycles. The number of benzene rings is 2. The Morgan fingerprint density at radius 3 is 2.48 bits per heavy atom. The molecule has 150 valence electrons. The summed E-state index contributed by atoms with van der Waals surface area (Å²) in [6, 6.07) is 14.7. The first-order valence-electron chi connectivity index (χ1n) is 9.75. The Morgan fingerprint density at radius 1 is 1.10 bits per heavy atom. The summed E-state index contributed by atoms with van der Waals surface area (Å²) < 4.78 is 13.0. The van der Waals surface area contributed by atoms with Crippen LogP contribution >= 0.6 is 11.3 Å². The molecule has 0 saturated carbocycles. The number of piperidine rings is 1. The Labute approximate surface area is 173 Å². The van der Waals surface area contributed by atoms with E-state index in [1.165, 1.54) is 29.0 Å². The number of anilines is 1. The van der Waals surface area contributed by atoms with Gasteiger partial charge in [-0.1, -0.05) is 53.3 Å². The Balaban J connectivity index is 1.29. The van der Waals surface area contributed by atoms with Crippen LogP contribution in [0.15, 0.2) is 48.5 Å². The van der Waals surface area contributed by atoms with Crippen LogP contribution in [0.25, 0.3) is 10.6 Å². The van der Waals surface area contributed by atoms with Crippen molar-refractivity contribution in [2.24, 2.45) is 5.92 Å². The lowest BCUT2D eigenvalue weighted by atomic mass is 9.95. The highest BCUT2D eigenvalue weighted by Gasteiger charge is 2.25. The van der Waals surface area contributed by atoms with E-state index in [2.05, 4.69) is 20.4 Å². The van der Waals surface area contributed by atoms with E-state index in [0.29, 0.717) is 5.13 Å². The molecular formula is C22H23FN4OS. The van der Waals surface area contributed by atoms with Crippen LogP contribution in [0.1, 0.15) is 24.0 Å². The number of amides is 1. The van der Waals surface area contributed by atoms with Crippen LogP contribution in [-0.2, 0) is 11.3 Å². The topological polar surface area (TPSA) is 58.1 Å². The van der Waals surface area contributed by atoms with Gasteiger partial charge in [-0.05, 0) is 50.6 Å². The Kier molecular flexibility index (Phi) is 5.97. The normalized spacial score (nSPS) is 15.4. The molecule has 4 rings (SSSR count). The number of likely N-dealkylation sites (tertiary alicyclic amines) is 1. The highest BCUT2D eigenvalue weighted by molar-refractivity contribution is 7.18. The van der Waals surface area contributed by atoms with Gasteiger partial charge >= 0.3 is 0 Å². The predicted octanol–water partition coefficient (Wildman–Crippen LogP) is 4.50. The number of hydrogen-bond donors (Lipinski definition) is 1. The Bertz CT molecular complexity index is 963. The number of carbonyl (C=O) groups excluding carboxylic acids is 1. The number of nitrogens with one attached hydrogen (secondary N) is 1. The van der Waals surface area contributed by atoms with Gasteiger partial charge < -0.3 is 5.32 Å². The molecule has 0 unspecified atom stereocenters. The van der Waals surface area contributed by atoms with E-state index in [0.717, 1.165) is 48.6 Å². The van der Waals surface area contributed by atoms with E-state index >= 15 is 0 Å². The van der Waals surface area contributed by atoms with Gasteiger partial charge in [0.05, 0.1) is 0 Å². The highest BCUT2D eigenvalue weighted by atomic mass is 32.1. The molecule has 5 nitrogen and oxygen atoms in total. The SMILES string of the molecule is Cc1ccc(-c2nnc(NC(=O)C3CCN(Cc4ccc(F)cc4)CC3)s2)cc1. The van der Waals surface area contributed by atoms with Crippen LogP contribution < -0.4 is 5.32 Å². The Morgan fingerprint density at radius 2 is 1.79 bits per heavy atom. The predicted molar refractivity (Wildman–Crippen MR) is 113 cm³/mol. The van der Waals surface area contributed by atoms with Gasteiger partial charge in [-0.2, -0.15) is 0 Å². The van der Waals surface area contributed by atoms with Crippen molar-refractivity contribution >= 4 is 22.4 Å². The van der Waals surface area contributed by atoms with Crippen LogP contribution in [0.5, 0.6) is 0 Å². The van der Waals surface area contributed by atoms with E-state index < -0.39 is 0 Å². The second-order valence-corrected chi connectivity index (χ2v) is 8.42. The van der Waals surface area contributed by atoms with Crippen molar-refractivity contribution in [2.45, 2.75) is 26.3 Å². The number of carbonyl (C=O) groups is 1. The first kappa shape index (κ1) is 19.7. The van der Waals surface area contributed by atoms with Gasteiger partial charge in [0.15, 0.2) is 0 Å². The second-order valence-electron chi connectivity index (χ2n) is 7.44. The number of rotatable bonds is 5. The minimum Gasteiger partial charge on any atom is -0.300 e. The van der Waals surface area contributed by atoms with Gasteiger partial charge in [0.1, 0.15) is 10.8 Å². The number of aromatic nitrogens is 2. The van der Waals surface area contributed by atoms with Crippen LogP contribution in [0.4, 0.5) is 9.52 Å². The monoisotopic (exact) mass is 410 g/mol. The van der Waals surface area contributed by atoms with Crippen LogP contribution in [-0.4, -0.2) is 34.1 Å². The van der Waals surface area contributed by atoms with Crippen molar-refractivity contribution in [1.29, 1.82) is 0 Å². The van der Waals surface area contributed by atoms with Crippen molar-refractivity contribution in [3.63, 3.8) is 0 Å². The molecule has 2 aromatic carbocycles. The summed E-state index contributed by atoms with van der Waals surface area (Å²) in [4.78, 5) is 14.9. The molecule has 29 heavy (non-hydrogen) atoms. The molecule has 0 atom stereocenters. The summed E-state index contributed by atoms with van der Waals surface area (Å²) in [5, 5.41) is 12.6. The van der Waals surface area contributed by atoms with Crippen LogP contribution in [0.3, 0.4) is 0 Å². The minimum atomic E-state index is -0.216. The molecule has 1 fully saturated rings. The van der Waals surface area contributed by atoms with Gasteiger partial charge in [0.25, 0.3) is 0 Å². The average molecular weight is 411 g/mol. The lowest BCUT2D eigenvalue weighted by Crippen LogP contribution is -2.37. The van der Waals surface area contributed by atoms with Crippen molar-refractivity contribution in [2.75, 3.05) is 18.4 Å². The average Bonchev–Trinajstić information content (AvgIpc) is 3.19. The lowest BCUT2D eigenvalue weighted by Gasteiger charge is -2.31.